The van der Waals surface area contributed by atoms with Crippen molar-refractivity contribution in [1.82, 2.24) is 0 Å². The smallest absolute Gasteiger partial charge is 0.374 e. The highest BCUT2D eigenvalue weighted by Gasteiger charge is 2.44. The normalized spacial score (nSPS) is 13.0. The van der Waals surface area contributed by atoms with E-state index in [4.69, 9.17) is 26.6 Å². The Morgan fingerprint density at radius 2 is 0.714 bits per heavy atom. The van der Waals surface area contributed by atoms with Crippen molar-refractivity contribution in [3.63, 3.8) is 0 Å². The molecule has 6 nitrogen and oxygen atoms in total. The molecule has 0 rings (SSSR count). The number of hydrogen-bond donors (Lipinski definition) is 0. The average molecular weight is 589 g/mol. The summed E-state index contributed by atoms with van der Waals surface area (Å²) in [6, 6.07) is 4.46. The third-order valence-corrected chi connectivity index (χ3v) is 25.4. The van der Waals surface area contributed by atoms with Crippen molar-refractivity contribution in [2.45, 2.75) is 105 Å². The van der Waals surface area contributed by atoms with Gasteiger partial charge in [0.25, 0.3) is 0 Å². The molecule has 0 saturated heterocycles. The minimum atomic E-state index is -2.61. The molecule has 0 atom stereocenters. The zero-order chi connectivity index (χ0) is 26.5. The van der Waals surface area contributed by atoms with Gasteiger partial charge in [0.1, 0.15) is 0 Å². The van der Waals surface area contributed by atoms with Crippen molar-refractivity contribution in [3.8, 4) is 0 Å². The van der Waals surface area contributed by atoms with Gasteiger partial charge in [-0.05, 0) is 65.1 Å². The van der Waals surface area contributed by atoms with Crippen LogP contribution < -0.4 is 0 Å². The minimum Gasteiger partial charge on any atom is -0.374 e. The van der Waals surface area contributed by atoms with Gasteiger partial charge in [0.05, 0.1) is 0 Å². The van der Waals surface area contributed by atoms with Crippen LogP contribution in [0, 0.1) is 0 Å². The molecule has 212 valence electrons. The van der Waals surface area contributed by atoms with Crippen LogP contribution in [0.5, 0.6) is 0 Å². The first-order valence-corrected chi connectivity index (χ1v) is 23.7. The predicted octanol–water partition coefficient (Wildman–Crippen LogP) is 7.59. The summed E-state index contributed by atoms with van der Waals surface area (Å²) in [5.74, 6) is 2.09. The van der Waals surface area contributed by atoms with Gasteiger partial charge in [0.15, 0.2) is 6.37 Å². The molecule has 0 amide bonds. The van der Waals surface area contributed by atoms with E-state index in [-0.39, 0.29) is 0 Å². The molecule has 0 aromatic heterocycles. The Morgan fingerprint density at radius 3 is 0.943 bits per heavy atom. The van der Waals surface area contributed by atoms with E-state index in [1.54, 1.807) is 0 Å². The lowest BCUT2D eigenvalue weighted by Gasteiger charge is -2.34. The lowest BCUT2D eigenvalue weighted by molar-refractivity contribution is 0.0721. The average Bonchev–Trinajstić information content (AvgIpc) is 2.82. The van der Waals surface area contributed by atoms with E-state index in [0.29, 0.717) is 39.6 Å². The number of unbranched alkanes of at least 4 members (excludes halogenated alkanes) is 2. The number of hydrogen-bond acceptors (Lipinski definition) is 8. The Labute approximate surface area is 228 Å². The fourth-order valence-corrected chi connectivity index (χ4v) is 24.4. The Hall–Kier alpha value is 1.11. The molecule has 35 heavy (non-hydrogen) atoms. The maximum atomic E-state index is 6.14. The highest BCUT2D eigenvalue weighted by atomic mass is 32.6. The van der Waals surface area contributed by atoms with Crippen molar-refractivity contribution >= 4 is 46.4 Å². The van der Waals surface area contributed by atoms with E-state index < -0.39 is 24.0 Å². The second-order valence-corrected chi connectivity index (χ2v) is 25.2. The van der Waals surface area contributed by atoms with E-state index in [9.17, 15) is 0 Å². The van der Waals surface area contributed by atoms with E-state index in [1.165, 1.54) is 37.8 Å². The molecule has 11 heteroatoms. The predicted molar refractivity (Wildman–Crippen MR) is 161 cm³/mol. The lowest BCUT2D eigenvalue weighted by atomic mass is 10.4. The Kier molecular flexibility index (Phi) is 22.7. The molecule has 0 heterocycles. The summed E-state index contributed by atoms with van der Waals surface area (Å²) in [4.78, 5) is 0. The monoisotopic (exact) mass is 588 g/mol. The van der Waals surface area contributed by atoms with E-state index >= 15 is 0 Å². The van der Waals surface area contributed by atoms with Gasteiger partial charge in [0, 0.05) is 51.7 Å². The van der Waals surface area contributed by atoms with Gasteiger partial charge in [-0.2, -0.15) is 22.4 Å². The van der Waals surface area contributed by atoms with Crippen LogP contribution in [0.25, 0.3) is 0 Å². The van der Waals surface area contributed by atoms with Crippen molar-refractivity contribution in [3.05, 3.63) is 0 Å². The van der Waals surface area contributed by atoms with Crippen LogP contribution in [0.1, 0.15) is 81.1 Å². The van der Waals surface area contributed by atoms with Crippen molar-refractivity contribution in [2.75, 3.05) is 51.1 Å². The van der Waals surface area contributed by atoms with Crippen LogP contribution in [0.2, 0.25) is 24.2 Å². The molecule has 0 aliphatic rings. The molecule has 0 aliphatic carbocycles. The lowest BCUT2D eigenvalue weighted by Crippen LogP contribution is -2.47. The molecule has 0 unspecified atom stereocenters. The molecule has 0 spiro atoms. The summed E-state index contributed by atoms with van der Waals surface area (Å²) < 4.78 is 36.8. The van der Waals surface area contributed by atoms with Crippen LogP contribution in [0.15, 0.2) is 0 Å². The molecular formula is C24H56O6S2Si3. The summed E-state index contributed by atoms with van der Waals surface area (Å²) in [7, 11) is -5.22. The summed E-state index contributed by atoms with van der Waals surface area (Å²) in [5.41, 5.74) is 0. The van der Waals surface area contributed by atoms with Gasteiger partial charge >= 0.3 is 17.6 Å². The van der Waals surface area contributed by atoms with Crippen molar-refractivity contribution < 1.29 is 26.6 Å². The SMILES string of the molecule is CCCC[Si](CCCC)(SCC[Si](OCC)(OCC)OCC)SCC[Si](OCC)(OCC)OCC. The molecule has 0 bridgehead atoms. The minimum absolute atomic E-state index is 0.638. The highest BCUT2D eigenvalue weighted by Crippen LogP contribution is 2.44. The third-order valence-electron chi connectivity index (χ3n) is 5.55. The molecule has 0 aliphatic heterocycles. The van der Waals surface area contributed by atoms with Crippen LogP contribution in [0.4, 0.5) is 0 Å². The molecule has 0 fully saturated rings. The van der Waals surface area contributed by atoms with Crippen LogP contribution in [-0.4, -0.2) is 75.1 Å². The van der Waals surface area contributed by atoms with Crippen molar-refractivity contribution in [2.24, 2.45) is 0 Å². The number of rotatable bonds is 26. The van der Waals surface area contributed by atoms with Crippen LogP contribution >= 0.6 is 22.4 Å². The Morgan fingerprint density at radius 1 is 0.429 bits per heavy atom. The Bertz CT molecular complexity index is 418. The third kappa shape index (κ3) is 14.7. The molecule has 0 saturated carbocycles. The van der Waals surface area contributed by atoms with Gasteiger partial charge in [-0.3, -0.25) is 0 Å². The highest BCUT2D eigenvalue weighted by molar-refractivity contribution is 8.58. The molecule has 0 aromatic carbocycles. The zero-order valence-corrected chi connectivity index (χ0v) is 28.7. The molecule has 0 radical (unpaired) electrons. The maximum Gasteiger partial charge on any atom is 0.501 e. The first-order valence-electron chi connectivity index (χ1n) is 14.0. The summed E-state index contributed by atoms with van der Waals surface area (Å²) in [6.45, 7) is 20.7. The van der Waals surface area contributed by atoms with Gasteiger partial charge < -0.3 is 26.6 Å². The van der Waals surface area contributed by atoms with Gasteiger partial charge in [-0.1, -0.05) is 39.5 Å². The molecular weight excluding hydrogens is 533 g/mol. The Balaban J connectivity index is 5.55. The molecule has 0 aromatic rings. The van der Waals surface area contributed by atoms with E-state index in [1.807, 2.05) is 41.5 Å². The van der Waals surface area contributed by atoms with Gasteiger partial charge in [-0.25, -0.2) is 0 Å². The second-order valence-electron chi connectivity index (χ2n) is 8.28. The van der Waals surface area contributed by atoms with Crippen molar-refractivity contribution in [1.29, 1.82) is 0 Å². The summed E-state index contributed by atoms with van der Waals surface area (Å²) in [5, 5.41) is 0. The quantitative estimate of drug-likeness (QED) is 0.0958. The largest absolute Gasteiger partial charge is 0.501 e. The van der Waals surface area contributed by atoms with E-state index in [0.717, 1.165) is 23.6 Å². The summed E-state index contributed by atoms with van der Waals surface area (Å²) in [6.07, 6.45) is 3.45. The van der Waals surface area contributed by atoms with Crippen LogP contribution in [-0.2, 0) is 26.6 Å². The molecule has 0 N–H and O–H groups in total. The van der Waals surface area contributed by atoms with E-state index in [2.05, 4.69) is 36.3 Å². The topological polar surface area (TPSA) is 55.4 Å². The maximum absolute atomic E-state index is 6.14. The first kappa shape index (κ1) is 36.1. The fourth-order valence-electron chi connectivity index (χ4n) is 4.07. The second kappa shape index (κ2) is 22.0. The standard InChI is InChI=1S/C24H56O6S2Si3/c1-9-17-21-33(22-18-10-2,31-19-23-34(25-11-3,26-12-4)27-13-5)32-20-24-35(28-14-6,29-15-7)30-16-8/h9-24H2,1-8H3. The first-order chi connectivity index (χ1) is 16.9. The zero-order valence-electron chi connectivity index (χ0n) is 24.1. The van der Waals surface area contributed by atoms with Gasteiger partial charge in [-0.15, -0.1) is 0 Å². The summed E-state index contributed by atoms with van der Waals surface area (Å²) >= 11 is 4.47. The van der Waals surface area contributed by atoms with Gasteiger partial charge in [0.2, 0.25) is 0 Å². The van der Waals surface area contributed by atoms with Crippen LogP contribution in [0.3, 0.4) is 0 Å². The fraction of sp³-hybridized carbons (Fsp3) is 1.00.